The zero-order valence-electron chi connectivity index (χ0n) is 16.6. The van der Waals surface area contributed by atoms with Gasteiger partial charge in [0.05, 0.1) is 13.2 Å². The molecule has 3 rings (SSSR count). The van der Waals surface area contributed by atoms with Gasteiger partial charge in [0.2, 0.25) is 0 Å². The Hall–Kier alpha value is -0.990. The first-order valence-corrected chi connectivity index (χ1v) is 11.5. The van der Waals surface area contributed by atoms with E-state index in [1.807, 2.05) is 6.07 Å². The van der Waals surface area contributed by atoms with E-state index in [1.54, 1.807) is 11.4 Å². The third kappa shape index (κ3) is 5.51. The summed E-state index contributed by atoms with van der Waals surface area (Å²) in [5, 5.41) is 0. The summed E-state index contributed by atoms with van der Waals surface area (Å²) >= 11 is 0. The SMILES string of the molecule is Cc1cccc([C@@H](CNS(=O)(=O)N(C)C2CCCCC2)N2CCOCC2)c1. The van der Waals surface area contributed by atoms with Gasteiger partial charge in [-0.3, -0.25) is 4.90 Å². The quantitative estimate of drug-likeness (QED) is 0.770. The molecule has 1 N–H and O–H groups in total. The zero-order valence-corrected chi connectivity index (χ0v) is 17.4. The van der Waals surface area contributed by atoms with E-state index >= 15 is 0 Å². The minimum Gasteiger partial charge on any atom is -0.379 e. The summed E-state index contributed by atoms with van der Waals surface area (Å²) in [6.07, 6.45) is 5.36. The molecule has 1 aliphatic carbocycles. The van der Waals surface area contributed by atoms with E-state index in [2.05, 4.69) is 34.7 Å². The summed E-state index contributed by atoms with van der Waals surface area (Å²) in [6.45, 7) is 5.47. The highest BCUT2D eigenvalue weighted by Crippen LogP contribution is 2.25. The number of benzene rings is 1. The van der Waals surface area contributed by atoms with Gasteiger partial charge in [-0.1, -0.05) is 49.1 Å². The predicted molar refractivity (Wildman–Crippen MR) is 108 cm³/mol. The lowest BCUT2D eigenvalue weighted by Gasteiger charge is -2.36. The Morgan fingerprint density at radius 3 is 2.59 bits per heavy atom. The van der Waals surface area contributed by atoms with E-state index in [0.717, 1.165) is 44.3 Å². The van der Waals surface area contributed by atoms with Crippen LogP contribution in [-0.2, 0) is 14.9 Å². The molecule has 2 aliphatic rings. The molecule has 7 heteroatoms. The van der Waals surface area contributed by atoms with Gasteiger partial charge >= 0.3 is 0 Å². The Kier molecular flexibility index (Phi) is 7.28. The zero-order chi connectivity index (χ0) is 19.3. The molecule has 152 valence electrons. The summed E-state index contributed by atoms with van der Waals surface area (Å²) in [7, 11) is -1.77. The Bertz CT molecular complexity index is 698. The van der Waals surface area contributed by atoms with Gasteiger partial charge in [0.1, 0.15) is 0 Å². The predicted octanol–water partition coefficient (Wildman–Crippen LogP) is 2.47. The van der Waals surface area contributed by atoms with Crippen LogP contribution in [0.2, 0.25) is 0 Å². The minimum atomic E-state index is -3.49. The van der Waals surface area contributed by atoms with Crippen molar-refractivity contribution in [3.8, 4) is 0 Å². The molecular formula is C20H33N3O3S. The first-order chi connectivity index (χ1) is 13.0. The molecule has 2 fully saturated rings. The number of ether oxygens (including phenoxy) is 1. The van der Waals surface area contributed by atoms with E-state index in [1.165, 1.54) is 12.0 Å². The Morgan fingerprint density at radius 2 is 1.93 bits per heavy atom. The number of aryl methyl sites for hydroxylation is 1. The van der Waals surface area contributed by atoms with Crippen LogP contribution in [0.3, 0.4) is 0 Å². The van der Waals surface area contributed by atoms with Crippen molar-refractivity contribution in [2.45, 2.75) is 51.1 Å². The molecular weight excluding hydrogens is 362 g/mol. The molecule has 1 aromatic carbocycles. The number of rotatable bonds is 7. The van der Waals surface area contributed by atoms with Crippen molar-refractivity contribution in [3.05, 3.63) is 35.4 Å². The lowest BCUT2D eigenvalue weighted by Crippen LogP contribution is -2.48. The van der Waals surface area contributed by atoms with Crippen LogP contribution in [0.5, 0.6) is 0 Å². The van der Waals surface area contributed by atoms with Crippen molar-refractivity contribution >= 4 is 10.2 Å². The molecule has 1 aliphatic heterocycles. The van der Waals surface area contributed by atoms with E-state index in [-0.39, 0.29) is 12.1 Å². The molecule has 1 aromatic rings. The third-order valence-corrected chi connectivity index (χ3v) is 7.43. The average Bonchev–Trinajstić information content (AvgIpc) is 2.69. The Labute approximate surface area is 164 Å². The van der Waals surface area contributed by atoms with Gasteiger partial charge in [-0.25, -0.2) is 4.72 Å². The largest absolute Gasteiger partial charge is 0.379 e. The molecule has 6 nitrogen and oxygen atoms in total. The average molecular weight is 396 g/mol. The molecule has 0 bridgehead atoms. The minimum absolute atomic E-state index is 0.0170. The number of nitrogens with one attached hydrogen (secondary N) is 1. The van der Waals surface area contributed by atoms with Crippen LogP contribution in [0.1, 0.15) is 49.3 Å². The van der Waals surface area contributed by atoms with E-state index in [0.29, 0.717) is 19.8 Å². The molecule has 1 heterocycles. The fourth-order valence-electron chi connectivity index (χ4n) is 4.15. The number of hydrogen-bond acceptors (Lipinski definition) is 4. The number of nitrogens with zero attached hydrogens (tertiary/aromatic N) is 2. The summed E-state index contributed by atoms with van der Waals surface area (Å²) in [5.41, 5.74) is 2.34. The van der Waals surface area contributed by atoms with Crippen LogP contribution in [0.25, 0.3) is 0 Å². The molecule has 0 spiro atoms. The molecule has 27 heavy (non-hydrogen) atoms. The molecule has 0 unspecified atom stereocenters. The number of morpholine rings is 1. The second-order valence-corrected chi connectivity index (χ2v) is 9.55. The highest BCUT2D eigenvalue weighted by atomic mass is 32.2. The first-order valence-electron chi connectivity index (χ1n) is 10.1. The van der Waals surface area contributed by atoms with Crippen LogP contribution >= 0.6 is 0 Å². The lowest BCUT2D eigenvalue weighted by atomic mass is 9.96. The lowest BCUT2D eigenvalue weighted by molar-refractivity contribution is 0.0171. The third-order valence-electron chi connectivity index (χ3n) is 5.84. The van der Waals surface area contributed by atoms with Crippen molar-refractivity contribution in [2.75, 3.05) is 39.9 Å². The Morgan fingerprint density at radius 1 is 1.22 bits per heavy atom. The van der Waals surface area contributed by atoms with Crippen molar-refractivity contribution in [1.29, 1.82) is 0 Å². The van der Waals surface area contributed by atoms with Gasteiger partial charge < -0.3 is 4.74 Å². The topological polar surface area (TPSA) is 61.9 Å². The maximum absolute atomic E-state index is 12.9. The van der Waals surface area contributed by atoms with Gasteiger partial charge in [-0.15, -0.1) is 0 Å². The van der Waals surface area contributed by atoms with Crippen molar-refractivity contribution < 1.29 is 13.2 Å². The van der Waals surface area contributed by atoms with E-state index in [9.17, 15) is 8.42 Å². The fraction of sp³-hybridized carbons (Fsp3) is 0.700. The summed E-state index contributed by atoms with van der Waals surface area (Å²) in [4.78, 5) is 2.32. The maximum Gasteiger partial charge on any atom is 0.279 e. The smallest absolute Gasteiger partial charge is 0.279 e. The second-order valence-electron chi connectivity index (χ2n) is 7.74. The summed E-state index contributed by atoms with van der Waals surface area (Å²) in [6, 6.07) is 8.49. The highest BCUT2D eigenvalue weighted by molar-refractivity contribution is 7.87. The van der Waals surface area contributed by atoms with Gasteiger partial charge in [0, 0.05) is 38.8 Å². The maximum atomic E-state index is 12.9. The van der Waals surface area contributed by atoms with Crippen LogP contribution in [0, 0.1) is 6.92 Å². The molecule has 0 radical (unpaired) electrons. The monoisotopic (exact) mass is 395 g/mol. The van der Waals surface area contributed by atoms with E-state index < -0.39 is 10.2 Å². The molecule has 0 aromatic heterocycles. The highest BCUT2D eigenvalue weighted by Gasteiger charge is 2.30. The summed E-state index contributed by atoms with van der Waals surface area (Å²) < 4.78 is 35.7. The molecule has 0 amide bonds. The van der Waals surface area contributed by atoms with Gasteiger partial charge in [0.15, 0.2) is 0 Å². The van der Waals surface area contributed by atoms with Crippen molar-refractivity contribution in [3.63, 3.8) is 0 Å². The molecule has 1 atom stereocenters. The van der Waals surface area contributed by atoms with Crippen molar-refractivity contribution in [2.24, 2.45) is 0 Å². The molecule has 1 saturated carbocycles. The second kappa shape index (κ2) is 9.47. The van der Waals surface area contributed by atoms with Crippen LogP contribution < -0.4 is 4.72 Å². The fourth-order valence-corrected chi connectivity index (χ4v) is 5.33. The van der Waals surface area contributed by atoms with Crippen LogP contribution in [-0.4, -0.2) is 63.6 Å². The molecule has 1 saturated heterocycles. The standard InChI is InChI=1S/C20H33N3O3S/c1-17-7-6-8-18(15-17)20(23-11-13-26-14-12-23)16-21-27(24,25)22(2)19-9-4-3-5-10-19/h6-8,15,19-21H,3-5,9-14,16H2,1-2H3/t20-/m1/s1. The van der Waals surface area contributed by atoms with Crippen molar-refractivity contribution in [1.82, 2.24) is 13.9 Å². The van der Waals surface area contributed by atoms with Crippen LogP contribution in [0.15, 0.2) is 24.3 Å². The Balaban J connectivity index is 1.71. The van der Waals surface area contributed by atoms with E-state index in [4.69, 9.17) is 4.74 Å². The van der Waals surface area contributed by atoms with Gasteiger partial charge in [-0.05, 0) is 25.3 Å². The van der Waals surface area contributed by atoms with Gasteiger partial charge in [0.25, 0.3) is 10.2 Å². The number of hydrogen-bond donors (Lipinski definition) is 1. The van der Waals surface area contributed by atoms with Gasteiger partial charge in [-0.2, -0.15) is 12.7 Å². The van der Waals surface area contributed by atoms with Crippen LogP contribution in [0.4, 0.5) is 0 Å². The first kappa shape index (κ1) is 20.7. The summed E-state index contributed by atoms with van der Waals surface area (Å²) in [5.74, 6) is 0. The normalized spacial score (nSPS) is 21.4.